The Morgan fingerprint density at radius 3 is 2.68 bits per heavy atom. The predicted molar refractivity (Wildman–Crippen MR) is 75.9 cm³/mol. The molecule has 1 aliphatic carbocycles. The number of nitrogens with one attached hydrogen (secondary N) is 2. The molecule has 2 atom stereocenters. The molecule has 2 unspecified atom stereocenters. The lowest BCUT2D eigenvalue weighted by Crippen LogP contribution is -2.36. The highest BCUT2D eigenvalue weighted by Gasteiger charge is 2.28. The van der Waals surface area contributed by atoms with Crippen LogP contribution in [-0.4, -0.2) is 26.5 Å². The largest absolute Gasteiger partial charge is 0.372 e. The molecule has 0 radical (unpaired) electrons. The summed E-state index contributed by atoms with van der Waals surface area (Å²) in [5.41, 5.74) is 0. The van der Waals surface area contributed by atoms with E-state index >= 15 is 0 Å². The summed E-state index contributed by atoms with van der Waals surface area (Å²) in [5, 5.41) is 3.09. The van der Waals surface area contributed by atoms with E-state index < -0.39 is 10.0 Å². The Morgan fingerprint density at radius 1 is 1.42 bits per heavy atom. The standard InChI is InChI=1S/C12H18ClN3O2S/c1-8-4-3-5-11(8)16-19(17,18)9-6-10(13)12(14-2)15-7-9/h6-8,11,16H,3-5H2,1-2H3,(H,14,15). The van der Waals surface area contributed by atoms with Crippen LogP contribution >= 0.6 is 11.6 Å². The minimum atomic E-state index is -3.55. The minimum absolute atomic E-state index is 0.00718. The first-order valence-electron chi connectivity index (χ1n) is 6.29. The second-order valence-electron chi connectivity index (χ2n) is 4.89. The van der Waals surface area contributed by atoms with Gasteiger partial charge in [-0.2, -0.15) is 0 Å². The molecule has 1 aromatic rings. The van der Waals surface area contributed by atoms with Gasteiger partial charge in [0.05, 0.1) is 5.02 Å². The molecule has 2 N–H and O–H groups in total. The average Bonchev–Trinajstić information content (AvgIpc) is 2.74. The number of rotatable bonds is 4. The summed E-state index contributed by atoms with van der Waals surface area (Å²) < 4.78 is 27.2. The zero-order chi connectivity index (χ0) is 14.0. The molecule has 2 rings (SSSR count). The van der Waals surface area contributed by atoms with Crippen molar-refractivity contribution >= 4 is 27.4 Å². The summed E-state index contributed by atoms with van der Waals surface area (Å²) in [6.45, 7) is 2.06. The molecule has 1 fully saturated rings. The maximum Gasteiger partial charge on any atom is 0.242 e. The van der Waals surface area contributed by atoms with E-state index in [9.17, 15) is 8.42 Å². The van der Waals surface area contributed by atoms with Gasteiger partial charge in [-0.05, 0) is 24.8 Å². The van der Waals surface area contributed by atoms with Crippen molar-refractivity contribution < 1.29 is 8.42 Å². The fourth-order valence-corrected chi connectivity index (χ4v) is 4.01. The maximum absolute atomic E-state index is 12.3. The van der Waals surface area contributed by atoms with Crippen molar-refractivity contribution in [2.45, 2.75) is 37.1 Å². The Hall–Kier alpha value is -0.850. The normalized spacial score (nSPS) is 23.5. The Morgan fingerprint density at radius 2 is 2.16 bits per heavy atom. The maximum atomic E-state index is 12.3. The van der Waals surface area contributed by atoms with Gasteiger partial charge in [0.25, 0.3) is 0 Å². The second-order valence-corrected chi connectivity index (χ2v) is 7.01. The molecule has 0 amide bonds. The molecule has 1 aromatic heterocycles. The fraction of sp³-hybridized carbons (Fsp3) is 0.583. The summed E-state index contributed by atoms with van der Waals surface area (Å²) in [7, 11) is -1.87. The van der Waals surface area contributed by atoms with Crippen LogP contribution in [0, 0.1) is 5.92 Å². The highest BCUT2D eigenvalue weighted by molar-refractivity contribution is 7.89. The van der Waals surface area contributed by atoms with Crippen LogP contribution in [0.1, 0.15) is 26.2 Å². The number of hydrogen-bond acceptors (Lipinski definition) is 4. The number of sulfonamides is 1. The van der Waals surface area contributed by atoms with Crippen LogP contribution in [0.4, 0.5) is 5.82 Å². The zero-order valence-electron chi connectivity index (χ0n) is 11.0. The Bertz CT molecular complexity index is 562. The first-order chi connectivity index (χ1) is 8.94. The fourth-order valence-electron chi connectivity index (χ4n) is 2.34. The van der Waals surface area contributed by atoms with Gasteiger partial charge >= 0.3 is 0 Å². The van der Waals surface area contributed by atoms with E-state index in [0.717, 1.165) is 19.3 Å². The van der Waals surface area contributed by atoms with Gasteiger partial charge in [0.2, 0.25) is 10.0 Å². The van der Waals surface area contributed by atoms with Crippen molar-refractivity contribution in [2.75, 3.05) is 12.4 Å². The van der Waals surface area contributed by atoms with Crippen LogP contribution in [0.5, 0.6) is 0 Å². The molecule has 5 nitrogen and oxygen atoms in total. The summed E-state index contributed by atoms with van der Waals surface area (Å²) >= 11 is 5.96. The van der Waals surface area contributed by atoms with Crippen molar-refractivity contribution in [3.63, 3.8) is 0 Å². The van der Waals surface area contributed by atoms with Crippen LogP contribution < -0.4 is 10.0 Å². The van der Waals surface area contributed by atoms with Gasteiger partial charge < -0.3 is 5.32 Å². The molecule has 0 aromatic carbocycles. The lowest BCUT2D eigenvalue weighted by atomic mass is 10.1. The SMILES string of the molecule is CNc1ncc(S(=O)(=O)NC2CCCC2C)cc1Cl. The first-order valence-corrected chi connectivity index (χ1v) is 8.16. The summed E-state index contributed by atoms with van der Waals surface area (Å²) in [5.74, 6) is 0.838. The number of pyridine rings is 1. The van der Waals surface area contributed by atoms with Crippen molar-refractivity contribution in [3.8, 4) is 0 Å². The molecule has 0 spiro atoms. The van der Waals surface area contributed by atoms with E-state index in [1.165, 1.54) is 12.3 Å². The average molecular weight is 304 g/mol. The molecule has 0 saturated heterocycles. The van der Waals surface area contributed by atoms with Gasteiger partial charge in [-0.1, -0.05) is 24.9 Å². The Labute approximate surface area is 118 Å². The zero-order valence-corrected chi connectivity index (χ0v) is 12.6. The Kier molecular flexibility index (Phi) is 4.32. The minimum Gasteiger partial charge on any atom is -0.372 e. The molecule has 19 heavy (non-hydrogen) atoms. The van der Waals surface area contributed by atoms with Crippen LogP contribution in [0.25, 0.3) is 0 Å². The highest BCUT2D eigenvalue weighted by atomic mass is 35.5. The molecule has 0 aliphatic heterocycles. The molecule has 0 bridgehead atoms. The van der Waals surface area contributed by atoms with E-state index in [0.29, 0.717) is 16.8 Å². The van der Waals surface area contributed by atoms with Crippen molar-refractivity contribution in [1.29, 1.82) is 0 Å². The summed E-state index contributed by atoms with van der Waals surface area (Å²) in [6.07, 6.45) is 4.33. The smallest absolute Gasteiger partial charge is 0.242 e. The van der Waals surface area contributed by atoms with Gasteiger partial charge in [-0.25, -0.2) is 18.1 Å². The van der Waals surface area contributed by atoms with E-state index in [-0.39, 0.29) is 10.9 Å². The topological polar surface area (TPSA) is 71.1 Å². The molecule has 1 aliphatic rings. The van der Waals surface area contributed by atoms with Crippen molar-refractivity contribution in [2.24, 2.45) is 5.92 Å². The monoisotopic (exact) mass is 303 g/mol. The number of nitrogens with zero attached hydrogens (tertiary/aromatic N) is 1. The third-order valence-corrected chi connectivity index (χ3v) is 5.28. The molecular weight excluding hydrogens is 286 g/mol. The van der Waals surface area contributed by atoms with Crippen LogP contribution in [0.15, 0.2) is 17.2 Å². The summed E-state index contributed by atoms with van der Waals surface area (Å²) in [4.78, 5) is 4.10. The van der Waals surface area contributed by atoms with Gasteiger partial charge in [-0.15, -0.1) is 0 Å². The number of hydrogen-bond donors (Lipinski definition) is 2. The summed E-state index contributed by atoms with van der Waals surface area (Å²) in [6, 6.07) is 1.43. The van der Waals surface area contributed by atoms with Gasteiger partial charge in [0.15, 0.2) is 0 Å². The first kappa shape index (κ1) is 14.6. The van der Waals surface area contributed by atoms with Crippen molar-refractivity contribution in [1.82, 2.24) is 9.71 Å². The number of anilines is 1. The molecule has 1 saturated carbocycles. The quantitative estimate of drug-likeness (QED) is 0.895. The predicted octanol–water partition coefficient (Wildman–Crippen LogP) is 2.24. The van der Waals surface area contributed by atoms with Gasteiger partial charge in [-0.3, -0.25) is 0 Å². The lowest BCUT2D eigenvalue weighted by molar-refractivity contribution is 0.476. The van der Waals surface area contributed by atoms with E-state index in [2.05, 4.69) is 21.9 Å². The molecule has 106 valence electrons. The van der Waals surface area contributed by atoms with E-state index in [1.807, 2.05) is 0 Å². The van der Waals surface area contributed by atoms with Crippen molar-refractivity contribution in [3.05, 3.63) is 17.3 Å². The third kappa shape index (κ3) is 3.19. The van der Waals surface area contributed by atoms with Crippen LogP contribution in [-0.2, 0) is 10.0 Å². The molecule has 1 heterocycles. The highest BCUT2D eigenvalue weighted by Crippen LogP contribution is 2.27. The van der Waals surface area contributed by atoms with Gasteiger partial charge in [0.1, 0.15) is 10.7 Å². The van der Waals surface area contributed by atoms with Crippen LogP contribution in [0.3, 0.4) is 0 Å². The number of halogens is 1. The van der Waals surface area contributed by atoms with E-state index in [1.54, 1.807) is 7.05 Å². The molecular formula is C12H18ClN3O2S. The van der Waals surface area contributed by atoms with Crippen LogP contribution in [0.2, 0.25) is 5.02 Å². The van der Waals surface area contributed by atoms with Gasteiger partial charge in [0, 0.05) is 19.3 Å². The second kappa shape index (κ2) is 5.64. The number of aromatic nitrogens is 1. The molecule has 7 heteroatoms. The Balaban J connectivity index is 2.22. The van der Waals surface area contributed by atoms with E-state index in [4.69, 9.17) is 11.6 Å². The third-order valence-electron chi connectivity index (χ3n) is 3.53. The lowest BCUT2D eigenvalue weighted by Gasteiger charge is -2.17.